The van der Waals surface area contributed by atoms with Crippen LogP contribution in [-0.2, 0) is 16.0 Å². The Kier molecular flexibility index (Phi) is 7.18. The van der Waals surface area contributed by atoms with E-state index in [1.807, 2.05) is 13.0 Å². The first-order valence-corrected chi connectivity index (χ1v) is 6.82. The van der Waals surface area contributed by atoms with Crippen LogP contribution in [0, 0.1) is 0 Å². The Morgan fingerprint density at radius 3 is 2.68 bits per heavy atom. The largest absolute Gasteiger partial charge is 0.496 e. The maximum atomic E-state index is 11.7. The van der Waals surface area contributed by atoms with Gasteiger partial charge < -0.3 is 25.3 Å². The summed E-state index contributed by atoms with van der Waals surface area (Å²) >= 11 is 0. The van der Waals surface area contributed by atoms with Gasteiger partial charge in [0.05, 0.1) is 27.4 Å². The molecule has 1 atom stereocenters. The lowest BCUT2D eigenvalue weighted by Crippen LogP contribution is -2.40. The summed E-state index contributed by atoms with van der Waals surface area (Å²) in [5.41, 5.74) is 6.98. The molecule has 1 aromatic carbocycles. The summed E-state index contributed by atoms with van der Waals surface area (Å²) in [7, 11) is 4.45. The summed E-state index contributed by atoms with van der Waals surface area (Å²) in [4.78, 5) is 15.9. The molecule has 0 spiro atoms. The van der Waals surface area contributed by atoms with Gasteiger partial charge in [0.15, 0.2) is 5.96 Å². The third-order valence-electron chi connectivity index (χ3n) is 2.91. The minimum absolute atomic E-state index is 0.0650. The molecule has 7 heteroatoms. The molecule has 0 aromatic heterocycles. The van der Waals surface area contributed by atoms with Crippen molar-refractivity contribution in [3.8, 4) is 5.75 Å². The van der Waals surface area contributed by atoms with E-state index < -0.39 is 5.97 Å². The average molecular weight is 309 g/mol. The Labute approximate surface area is 130 Å². The number of esters is 1. The highest BCUT2D eigenvalue weighted by molar-refractivity contribution is 5.92. The Morgan fingerprint density at radius 1 is 1.36 bits per heavy atom. The molecule has 1 rings (SSSR count). The number of hydrogen-bond acceptors (Lipinski definition) is 5. The Balaban J connectivity index is 2.79. The highest BCUT2D eigenvalue weighted by atomic mass is 16.5. The monoisotopic (exact) mass is 309 g/mol. The molecule has 0 aliphatic carbocycles. The van der Waals surface area contributed by atoms with Crippen molar-refractivity contribution in [1.82, 2.24) is 5.32 Å². The number of carbonyl (C=O) groups is 1. The number of aliphatic imine (C=N–C) groups is 1. The Bertz CT molecular complexity index is 532. The minimum atomic E-state index is -0.456. The van der Waals surface area contributed by atoms with Gasteiger partial charge in [-0.3, -0.25) is 0 Å². The van der Waals surface area contributed by atoms with E-state index in [1.165, 1.54) is 14.2 Å². The maximum absolute atomic E-state index is 11.7. The first kappa shape index (κ1) is 17.8. The van der Waals surface area contributed by atoms with Gasteiger partial charge in [0.1, 0.15) is 11.3 Å². The topological polar surface area (TPSA) is 95.2 Å². The van der Waals surface area contributed by atoms with Crippen molar-refractivity contribution in [2.45, 2.75) is 19.5 Å². The quantitative estimate of drug-likeness (QED) is 0.442. The molecule has 0 bridgehead atoms. The molecule has 0 radical (unpaired) electrons. The Morgan fingerprint density at radius 2 is 2.09 bits per heavy atom. The third-order valence-corrected chi connectivity index (χ3v) is 2.91. The van der Waals surface area contributed by atoms with Gasteiger partial charge in [-0.1, -0.05) is 6.07 Å². The fraction of sp³-hybridized carbons (Fsp3) is 0.467. The van der Waals surface area contributed by atoms with Crippen LogP contribution in [0.2, 0.25) is 0 Å². The smallest absolute Gasteiger partial charge is 0.341 e. The van der Waals surface area contributed by atoms with Crippen molar-refractivity contribution in [3.05, 3.63) is 29.3 Å². The van der Waals surface area contributed by atoms with Crippen LogP contribution >= 0.6 is 0 Å². The molecule has 0 heterocycles. The lowest BCUT2D eigenvalue weighted by molar-refractivity contribution is 0.0597. The molecular formula is C15H23N3O4. The highest BCUT2D eigenvalue weighted by Crippen LogP contribution is 2.21. The molecule has 0 amide bonds. The molecule has 122 valence electrons. The van der Waals surface area contributed by atoms with Crippen molar-refractivity contribution in [2.75, 3.05) is 27.9 Å². The van der Waals surface area contributed by atoms with E-state index >= 15 is 0 Å². The third kappa shape index (κ3) is 5.25. The van der Waals surface area contributed by atoms with Crippen LogP contribution in [0.5, 0.6) is 5.75 Å². The van der Waals surface area contributed by atoms with Gasteiger partial charge >= 0.3 is 5.97 Å². The number of carbonyl (C=O) groups excluding carboxylic acids is 1. The number of nitrogens with one attached hydrogen (secondary N) is 1. The van der Waals surface area contributed by atoms with Crippen molar-refractivity contribution < 1.29 is 19.0 Å². The van der Waals surface area contributed by atoms with Crippen LogP contribution in [0.1, 0.15) is 22.8 Å². The van der Waals surface area contributed by atoms with Crippen molar-refractivity contribution in [2.24, 2.45) is 10.7 Å². The van der Waals surface area contributed by atoms with Crippen LogP contribution in [0.3, 0.4) is 0 Å². The summed E-state index contributed by atoms with van der Waals surface area (Å²) in [5.74, 6) is 0.321. The van der Waals surface area contributed by atoms with Crippen LogP contribution < -0.4 is 15.8 Å². The van der Waals surface area contributed by atoms with Gasteiger partial charge in [-0.2, -0.15) is 0 Å². The van der Waals surface area contributed by atoms with Crippen molar-refractivity contribution in [1.29, 1.82) is 0 Å². The van der Waals surface area contributed by atoms with Gasteiger partial charge in [0.25, 0.3) is 0 Å². The normalized spacial score (nSPS) is 12.6. The van der Waals surface area contributed by atoms with E-state index in [-0.39, 0.29) is 6.04 Å². The van der Waals surface area contributed by atoms with Gasteiger partial charge in [-0.15, -0.1) is 0 Å². The number of benzene rings is 1. The van der Waals surface area contributed by atoms with Gasteiger partial charge in [-0.25, -0.2) is 9.79 Å². The maximum Gasteiger partial charge on any atom is 0.341 e. The summed E-state index contributed by atoms with van der Waals surface area (Å²) < 4.78 is 14.9. The fourth-order valence-corrected chi connectivity index (χ4v) is 1.89. The predicted molar refractivity (Wildman–Crippen MR) is 84.1 cm³/mol. The number of nitrogens with zero attached hydrogens (tertiary/aromatic N) is 1. The number of methoxy groups -OCH3 is 3. The zero-order chi connectivity index (χ0) is 16.5. The van der Waals surface area contributed by atoms with Crippen molar-refractivity contribution in [3.63, 3.8) is 0 Å². The molecule has 7 nitrogen and oxygen atoms in total. The summed E-state index contributed by atoms with van der Waals surface area (Å²) in [6, 6.07) is 5.27. The van der Waals surface area contributed by atoms with Crippen LogP contribution in [0.15, 0.2) is 23.2 Å². The molecule has 0 saturated heterocycles. The second kappa shape index (κ2) is 8.89. The zero-order valence-corrected chi connectivity index (χ0v) is 13.4. The van der Waals surface area contributed by atoms with E-state index in [9.17, 15) is 4.79 Å². The fourth-order valence-electron chi connectivity index (χ4n) is 1.89. The summed E-state index contributed by atoms with van der Waals surface area (Å²) in [6.07, 6.45) is 0. The number of ether oxygens (including phenoxy) is 3. The lowest BCUT2D eigenvalue weighted by atomic mass is 10.1. The van der Waals surface area contributed by atoms with Crippen LogP contribution in [0.4, 0.5) is 0 Å². The predicted octanol–water partition coefficient (Wildman–Crippen LogP) is 0.921. The molecule has 0 saturated carbocycles. The second-order valence-corrected chi connectivity index (χ2v) is 4.73. The van der Waals surface area contributed by atoms with E-state index in [2.05, 4.69) is 10.3 Å². The van der Waals surface area contributed by atoms with Crippen molar-refractivity contribution >= 4 is 11.9 Å². The first-order chi connectivity index (χ1) is 10.5. The number of hydrogen-bond donors (Lipinski definition) is 2. The number of nitrogens with two attached hydrogens (primary N) is 1. The molecule has 1 aromatic rings. The van der Waals surface area contributed by atoms with Gasteiger partial charge in [0.2, 0.25) is 0 Å². The minimum Gasteiger partial charge on any atom is -0.496 e. The average Bonchev–Trinajstić information content (AvgIpc) is 2.52. The first-order valence-electron chi connectivity index (χ1n) is 6.82. The number of rotatable bonds is 7. The molecule has 0 unspecified atom stereocenters. The molecule has 0 aliphatic heterocycles. The highest BCUT2D eigenvalue weighted by Gasteiger charge is 2.13. The van der Waals surface area contributed by atoms with Crippen LogP contribution in [0.25, 0.3) is 0 Å². The number of guanidine groups is 1. The molecule has 3 N–H and O–H groups in total. The van der Waals surface area contributed by atoms with E-state index in [0.717, 1.165) is 5.56 Å². The SMILES string of the molecule is COC[C@@H](C)NC(N)=NCc1ccc(OC)c(C(=O)OC)c1. The van der Waals surface area contributed by atoms with Gasteiger partial charge in [0, 0.05) is 13.2 Å². The second-order valence-electron chi connectivity index (χ2n) is 4.73. The summed E-state index contributed by atoms with van der Waals surface area (Å²) in [6.45, 7) is 2.81. The molecule has 0 fully saturated rings. The van der Waals surface area contributed by atoms with E-state index in [4.69, 9.17) is 19.9 Å². The molecular weight excluding hydrogens is 286 g/mol. The molecule has 0 aliphatic rings. The zero-order valence-electron chi connectivity index (χ0n) is 13.4. The van der Waals surface area contributed by atoms with Crippen LogP contribution in [-0.4, -0.2) is 45.9 Å². The lowest BCUT2D eigenvalue weighted by Gasteiger charge is -2.13. The van der Waals surface area contributed by atoms with Gasteiger partial charge in [-0.05, 0) is 24.6 Å². The Hall–Kier alpha value is -2.28. The standard InChI is InChI=1S/C15H23N3O4/c1-10(9-20-2)18-15(16)17-8-11-5-6-13(21-3)12(7-11)14(19)22-4/h5-7,10H,8-9H2,1-4H3,(H3,16,17,18)/t10-/m1/s1. The van der Waals surface area contributed by atoms with E-state index in [0.29, 0.717) is 30.4 Å². The summed E-state index contributed by atoms with van der Waals surface area (Å²) in [5, 5.41) is 3.01. The molecule has 22 heavy (non-hydrogen) atoms. The van der Waals surface area contributed by atoms with E-state index in [1.54, 1.807) is 19.2 Å².